The number of aldehydes is 1. The molecule has 202 valence electrons. The van der Waals surface area contributed by atoms with Crippen LogP contribution < -0.4 is 5.73 Å². The zero-order chi connectivity index (χ0) is 27.5. The van der Waals surface area contributed by atoms with Crippen LogP contribution in [0.2, 0.25) is 0 Å². The van der Waals surface area contributed by atoms with Crippen LogP contribution in [0.4, 0.5) is 0 Å². The molecule has 1 aliphatic carbocycles. The van der Waals surface area contributed by atoms with E-state index in [2.05, 4.69) is 39.2 Å². The quantitative estimate of drug-likeness (QED) is 0.104. The number of ether oxygens (including phenoxy) is 1. The second-order valence-corrected chi connectivity index (χ2v) is 10.3. The van der Waals surface area contributed by atoms with Crippen LogP contribution in [-0.4, -0.2) is 39.6 Å². The maximum absolute atomic E-state index is 12.4. The maximum Gasteiger partial charge on any atom is 0.356 e. The van der Waals surface area contributed by atoms with E-state index in [9.17, 15) is 9.59 Å². The van der Waals surface area contributed by atoms with Crippen LogP contribution in [0.3, 0.4) is 0 Å². The van der Waals surface area contributed by atoms with Crippen molar-refractivity contribution >= 4 is 24.0 Å². The molecular formula is C31H34N4O3S. The molecule has 5 rings (SSSR count). The van der Waals surface area contributed by atoms with Gasteiger partial charge in [-0.1, -0.05) is 79.2 Å². The van der Waals surface area contributed by atoms with E-state index < -0.39 is 5.41 Å². The molecule has 0 unspecified atom stereocenters. The van der Waals surface area contributed by atoms with Crippen LogP contribution in [0.15, 0.2) is 84.3 Å². The van der Waals surface area contributed by atoms with Gasteiger partial charge in [-0.05, 0) is 54.2 Å². The van der Waals surface area contributed by atoms with Gasteiger partial charge in [-0.3, -0.25) is 4.98 Å². The minimum absolute atomic E-state index is 0.345. The van der Waals surface area contributed by atoms with Crippen molar-refractivity contribution in [1.82, 2.24) is 15.0 Å². The summed E-state index contributed by atoms with van der Waals surface area (Å²) in [6, 6.07) is 22.2. The zero-order valence-electron chi connectivity index (χ0n) is 22.1. The number of imidazole rings is 1. The smallest absolute Gasteiger partial charge is 0.356 e. The standard InChI is InChI=1S/C25H26N2O3S.C6H8N2/c1-2-30-23(29)22-16-26-24(27-22)31-15-9-3-8-14-25(17-28)20-12-6-4-10-18(20)19-11-5-7-13-21(19)25;7-5-6-3-1-2-4-8-6/h4-7,10-13,16-17H,2-3,8-9,14-15H2,1H3,(H,26,27);1-4H,5,7H2. The lowest BCUT2D eigenvalue weighted by atomic mass is 9.75. The molecule has 0 aliphatic heterocycles. The van der Waals surface area contributed by atoms with Crippen LogP contribution >= 0.6 is 11.8 Å². The first kappa shape index (κ1) is 28.3. The Morgan fingerprint density at radius 2 is 1.67 bits per heavy atom. The Hall–Kier alpha value is -3.75. The Bertz CT molecular complexity index is 1330. The molecule has 4 aromatic rings. The number of aromatic nitrogens is 3. The Labute approximate surface area is 233 Å². The van der Waals surface area contributed by atoms with Crippen LogP contribution in [0, 0.1) is 0 Å². The Morgan fingerprint density at radius 1 is 0.974 bits per heavy atom. The molecule has 0 fully saturated rings. The first-order valence-electron chi connectivity index (χ1n) is 13.2. The van der Waals surface area contributed by atoms with E-state index in [1.807, 2.05) is 42.5 Å². The Kier molecular flexibility index (Phi) is 10.1. The highest BCUT2D eigenvalue weighted by atomic mass is 32.2. The van der Waals surface area contributed by atoms with Crippen molar-refractivity contribution < 1.29 is 14.3 Å². The fraction of sp³-hybridized carbons (Fsp3) is 0.290. The van der Waals surface area contributed by atoms with Gasteiger partial charge in [-0.15, -0.1) is 0 Å². The van der Waals surface area contributed by atoms with Crippen molar-refractivity contribution in [1.29, 1.82) is 0 Å². The van der Waals surface area contributed by atoms with Gasteiger partial charge >= 0.3 is 5.97 Å². The predicted octanol–water partition coefficient (Wildman–Crippen LogP) is 5.94. The number of nitrogens with zero attached hydrogens (tertiary/aromatic N) is 2. The number of hydrogen-bond donors (Lipinski definition) is 2. The molecule has 0 saturated heterocycles. The molecule has 0 radical (unpaired) electrons. The topological polar surface area (TPSA) is 111 Å². The van der Waals surface area contributed by atoms with Crippen LogP contribution in [0.25, 0.3) is 11.1 Å². The van der Waals surface area contributed by atoms with E-state index >= 15 is 0 Å². The third kappa shape index (κ3) is 6.64. The van der Waals surface area contributed by atoms with Crippen molar-refractivity contribution in [3.8, 4) is 11.1 Å². The average Bonchev–Trinajstić information content (AvgIpc) is 3.58. The summed E-state index contributed by atoms with van der Waals surface area (Å²) in [4.78, 5) is 35.3. The number of aromatic amines is 1. The van der Waals surface area contributed by atoms with Crippen molar-refractivity contribution in [3.05, 3.63) is 102 Å². The number of carbonyl (C=O) groups is 2. The second kappa shape index (κ2) is 13.9. The number of carbonyl (C=O) groups excluding carboxylic acids is 2. The van der Waals surface area contributed by atoms with Crippen LogP contribution in [0.5, 0.6) is 0 Å². The summed E-state index contributed by atoms with van der Waals surface area (Å²) >= 11 is 1.60. The third-order valence-corrected chi connectivity index (χ3v) is 7.72. The number of pyridine rings is 1. The van der Waals surface area contributed by atoms with Crippen molar-refractivity contribution in [2.45, 2.75) is 49.7 Å². The van der Waals surface area contributed by atoms with Crippen molar-refractivity contribution in [2.75, 3.05) is 12.4 Å². The number of fused-ring (bicyclic) bond motifs is 3. The number of rotatable bonds is 11. The fourth-order valence-corrected chi connectivity index (χ4v) is 5.72. The number of H-pyrrole nitrogens is 1. The molecule has 0 bridgehead atoms. The molecule has 0 saturated carbocycles. The summed E-state index contributed by atoms with van der Waals surface area (Å²) in [6.45, 7) is 2.65. The molecular weight excluding hydrogens is 508 g/mol. The third-order valence-electron chi connectivity index (χ3n) is 6.74. The monoisotopic (exact) mass is 542 g/mol. The van der Waals surface area contributed by atoms with Gasteiger partial charge in [0.25, 0.3) is 0 Å². The normalized spacial score (nSPS) is 12.6. The summed E-state index contributed by atoms with van der Waals surface area (Å²) in [5.41, 5.74) is 10.7. The molecule has 1 aliphatic rings. The largest absolute Gasteiger partial charge is 0.461 e. The van der Waals surface area contributed by atoms with E-state index in [4.69, 9.17) is 10.5 Å². The molecule has 8 heteroatoms. The molecule has 3 N–H and O–H groups in total. The van der Waals surface area contributed by atoms with E-state index in [1.165, 1.54) is 17.3 Å². The fourth-order valence-electron chi connectivity index (χ4n) is 4.87. The Balaban J connectivity index is 0.000000379. The van der Waals surface area contributed by atoms with E-state index in [0.717, 1.165) is 59.7 Å². The summed E-state index contributed by atoms with van der Waals surface area (Å²) in [5, 5.41) is 0.728. The predicted molar refractivity (Wildman–Crippen MR) is 155 cm³/mol. The highest BCUT2D eigenvalue weighted by Gasteiger charge is 2.42. The van der Waals surface area contributed by atoms with E-state index in [0.29, 0.717) is 18.8 Å². The van der Waals surface area contributed by atoms with Crippen LogP contribution in [-0.2, 0) is 21.5 Å². The lowest BCUT2D eigenvalue weighted by Gasteiger charge is -2.25. The molecule has 2 aromatic carbocycles. The number of esters is 1. The number of nitrogens with two attached hydrogens (primary N) is 1. The number of nitrogens with one attached hydrogen (secondary N) is 1. The second-order valence-electron chi connectivity index (χ2n) is 9.19. The lowest BCUT2D eigenvalue weighted by Crippen LogP contribution is -2.27. The molecule has 2 heterocycles. The highest BCUT2D eigenvalue weighted by molar-refractivity contribution is 7.99. The minimum Gasteiger partial charge on any atom is -0.461 e. The number of benzene rings is 2. The molecule has 0 amide bonds. The molecule has 0 spiro atoms. The van der Waals surface area contributed by atoms with Crippen molar-refractivity contribution in [2.24, 2.45) is 5.73 Å². The number of hydrogen-bond acceptors (Lipinski definition) is 7. The molecule has 2 aromatic heterocycles. The van der Waals surface area contributed by atoms with Gasteiger partial charge in [0.2, 0.25) is 0 Å². The van der Waals surface area contributed by atoms with Gasteiger partial charge in [-0.2, -0.15) is 0 Å². The SMILES string of the molecule is CCOC(=O)c1cnc(SCCCCCC2(C=O)c3ccccc3-c3ccccc32)[nH]1.NCc1ccccn1. The maximum atomic E-state index is 12.4. The van der Waals surface area contributed by atoms with Gasteiger partial charge in [0.05, 0.1) is 23.9 Å². The first-order chi connectivity index (χ1) is 19.1. The van der Waals surface area contributed by atoms with Gasteiger partial charge in [0.1, 0.15) is 12.0 Å². The van der Waals surface area contributed by atoms with E-state index in [1.54, 1.807) is 24.9 Å². The summed E-state index contributed by atoms with van der Waals surface area (Å²) in [5.74, 6) is 0.523. The van der Waals surface area contributed by atoms with Gasteiger partial charge in [0, 0.05) is 18.5 Å². The highest BCUT2D eigenvalue weighted by Crippen LogP contribution is 2.50. The molecule has 39 heavy (non-hydrogen) atoms. The van der Waals surface area contributed by atoms with Gasteiger partial charge in [-0.25, -0.2) is 9.78 Å². The zero-order valence-corrected chi connectivity index (χ0v) is 23.0. The number of unbranched alkanes of at least 4 members (excludes halogenated alkanes) is 2. The van der Waals surface area contributed by atoms with Crippen LogP contribution in [0.1, 0.15) is 59.9 Å². The lowest BCUT2D eigenvalue weighted by molar-refractivity contribution is -0.111. The number of thioether (sulfide) groups is 1. The average molecular weight is 543 g/mol. The first-order valence-corrected chi connectivity index (χ1v) is 14.2. The molecule has 0 atom stereocenters. The summed E-state index contributed by atoms with van der Waals surface area (Å²) in [7, 11) is 0. The van der Waals surface area contributed by atoms with E-state index in [-0.39, 0.29) is 5.97 Å². The van der Waals surface area contributed by atoms with Crippen molar-refractivity contribution in [3.63, 3.8) is 0 Å². The Morgan fingerprint density at radius 3 is 2.26 bits per heavy atom. The molecule has 7 nitrogen and oxygen atoms in total. The minimum atomic E-state index is -0.546. The van der Waals surface area contributed by atoms with Gasteiger partial charge < -0.3 is 20.2 Å². The summed E-state index contributed by atoms with van der Waals surface area (Å²) in [6.07, 6.45) is 8.21. The summed E-state index contributed by atoms with van der Waals surface area (Å²) < 4.78 is 4.97. The van der Waals surface area contributed by atoms with Gasteiger partial charge in [0.15, 0.2) is 5.16 Å².